The van der Waals surface area contributed by atoms with Gasteiger partial charge in [-0.15, -0.1) is 0 Å². The van der Waals surface area contributed by atoms with Gasteiger partial charge < -0.3 is 0 Å². The molecule has 0 aliphatic heterocycles. The summed E-state index contributed by atoms with van der Waals surface area (Å²) in [5.74, 6) is 21.5. The van der Waals surface area contributed by atoms with Crippen LogP contribution in [0.15, 0.2) is 121 Å². The molecule has 542 valence electrons. The Morgan fingerprint density at radius 1 is 0.216 bits per heavy atom. The highest BCUT2D eigenvalue weighted by atomic mass is 14.5. The van der Waals surface area contributed by atoms with Crippen LogP contribution in [0, 0.1) is 112 Å². The van der Waals surface area contributed by atoms with E-state index < -0.39 is 0 Å². The van der Waals surface area contributed by atoms with Crippen molar-refractivity contribution in [3.8, 4) is 0 Å². The molecule has 8 bridgehead atoms. The monoisotopic (exact) mass is 1320 g/mol. The SMILES string of the molecule is C1=CC2CCC1C2.C1=CC2CCCC2=C1.C1=CC2CCCCC2C1.C1=CCC=CC1.C1=CCCC1.C1=CCCC=C1.C1=CCCCC1.C1CC2CC(C1)C2.C1CC2CC12.C1CC2CC2C1.C1CC2CCC1C2.C1CC2CCC1CC2.C1CC2CCCC2C1.C1CCC2CCCC2C1. The van der Waals surface area contributed by atoms with Crippen molar-refractivity contribution in [2.24, 2.45) is 112 Å². The molecule has 19 saturated carbocycles. The van der Waals surface area contributed by atoms with Crippen molar-refractivity contribution in [2.75, 3.05) is 0 Å². The molecule has 0 N–H and O–H groups in total. The summed E-state index contributed by atoms with van der Waals surface area (Å²) in [4.78, 5) is 0. The molecule has 0 heteroatoms. The summed E-state index contributed by atoms with van der Waals surface area (Å²) in [5, 5.41) is 0. The van der Waals surface area contributed by atoms with Gasteiger partial charge in [-0.2, -0.15) is 0 Å². The standard InChI is InChI=1S/C9H16.C9H14.C8H14.C8H10.C8H14.C7H12.C7H10.C7H12.2C6H10.2C6H8.2C5H8/c2*1-2-5-9-7-3-6-8(9)4-1;2*1-3-7-5-2-6-8(7)4-1;1-2-8-5-3-7(1)4-6-8;2*1-2-7-4-3-6(1)5-7;1-2-6-4-7(3-1)5-6;1-2-5-4-6(5)3-1;3*1-2-4-6-5-3-1;1-2-5-3-4(1)5;1-2-4-5-3-1/h8-9H,1-7H2;3,6,8-9H,1-2,4-5,7H2;7-8H,1-6H2;1,3-4,7H,2,5-6H2;7-8H,1-6H2;6-7H,1-5H2;1-2,6-7H,3-5H2;6-7H,1-5H2;5-6H,1-4H2;1-2H,3-6H2;1-2,5-6H,3-4H2;1-4H,5-6H2;4-5H,1-3H2;1-2H,3-5H2. The third-order valence-corrected chi connectivity index (χ3v) is 29.4. The second-order valence-electron chi connectivity index (χ2n) is 36.6. The van der Waals surface area contributed by atoms with Crippen molar-refractivity contribution in [3.05, 3.63) is 121 Å². The van der Waals surface area contributed by atoms with Gasteiger partial charge in [0.25, 0.3) is 0 Å². The van der Waals surface area contributed by atoms with Crippen LogP contribution >= 0.6 is 0 Å². The normalized spacial score (nSPS) is 39.0. The first kappa shape index (κ1) is 75.6. The predicted octanol–water partition coefficient (Wildman–Crippen LogP) is 30.4. The smallest absolute Gasteiger partial charge is 0.00169 e. The van der Waals surface area contributed by atoms with E-state index in [1.165, 1.54) is 244 Å². The summed E-state index contributed by atoms with van der Waals surface area (Å²) >= 11 is 0. The largest absolute Gasteiger partial charge is 0.0885 e. The Bertz CT molecular complexity index is 2260. The van der Waals surface area contributed by atoms with Gasteiger partial charge in [-0.1, -0.05) is 320 Å². The molecule has 0 aromatic carbocycles. The summed E-state index contributed by atoms with van der Waals surface area (Å²) in [5.41, 5.74) is 1.67. The van der Waals surface area contributed by atoms with Gasteiger partial charge >= 0.3 is 0 Å². The van der Waals surface area contributed by atoms with Gasteiger partial charge in [0.05, 0.1) is 0 Å². The fourth-order valence-corrected chi connectivity index (χ4v) is 22.5. The molecule has 26 rings (SSSR count). The van der Waals surface area contributed by atoms with E-state index in [9.17, 15) is 0 Å². The lowest BCUT2D eigenvalue weighted by Crippen LogP contribution is -2.28. The molecule has 0 radical (unpaired) electrons. The van der Waals surface area contributed by atoms with Crippen LogP contribution in [0.25, 0.3) is 0 Å². The van der Waals surface area contributed by atoms with Gasteiger partial charge in [-0.25, -0.2) is 0 Å². The van der Waals surface area contributed by atoms with Crippen LogP contribution in [-0.2, 0) is 0 Å². The van der Waals surface area contributed by atoms with Crippen molar-refractivity contribution >= 4 is 0 Å². The second-order valence-corrected chi connectivity index (χ2v) is 36.6. The molecule has 0 aromatic heterocycles. The summed E-state index contributed by atoms with van der Waals surface area (Å²) in [6.07, 6.45) is 129. The predicted molar refractivity (Wildman–Crippen MR) is 424 cm³/mol. The average Bonchev–Trinajstić information content (AvgIpc) is 1.66. The number of hydrogen-bond donors (Lipinski definition) is 0. The van der Waals surface area contributed by atoms with E-state index in [1.807, 2.05) is 0 Å². The fourth-order valence-electron chi connectivity index (χ4n) is 22.5. The molecule has 26 aliphatic rings. The minimum absolute atomic E-state index is 0.856. The lowest BCUT2D eigenvalue weighted by Gasteiger charge is -2.40. The van der Waals surface area contributed by atoms with Crippen LogP contribution in [0.5, 0.6) is 0 Å². The summed E-state index contributed by atoms with van der Waals surface area (Å²) in [6.45, 7) is 0. The Morgan fingerprint density at radius 3 is 0.918 bits per heavy atom. The molecule has 11 atom stereocenters. The van der Waals surface area contributed by atoms with Gasteiger partial charge in [-0.05, 0) is 286 Å². The van der Waals surface area contributed by atoms with Gasteiger partial charge in [0.15, 0.2) is 0 Å². The van der Waals surface area contributed by atoms with Crippen LogP contribution in [-0.4, -0.2) is 0 Å². The topological polar surface area (TPSA) is 0 Å². The Balaban J connectivity index is 0.000000106. The molecule has 11 unspecified atom stereocenters. The molecule has 0 spiro atoms. The Kier molecular flexibility index (Phi) is 34.4. The van der Waals surface area contributed by atoms with Crippen molar-refractivity contribution in [3.63, 3.8) is 0 Å². The molecule has 19 fully saturated rings. The average molecular weight is 1320 g/mol. The quantitative estimate of drug-likeness (QED) is 0.212. The number of fused-ring (bicyclic) bond motifs is 15. The first-order valence-electron chi connectivity index (χ1n) is 44.7. The van der Waals surface area contributed by atoms with Crippen molar-refractivity contribution in [2.45, 2.75) is 372 Å². The van der Waals surface area contributed by atoms with E-state index in [0.717, 1.165) is 54.3 Å². The van der Waals surface area contributed by atoms with E-state index >= 15 is 0 Å². The van der Waals surface area contributed by atoms with Gasteiger partial charge in [-0.3, -0.25) is 0 Å². The second kappa shape index (κ2) is 44.1. The Morgan fingerprint density at radius 2 is 0.629 bits per heavy atom. The number of allylic oxidation sites excluding steroid dienone is 20. The maximum atomic E-state index is 2.43. The molecule has 0 amide bonds. The molecule has 26 aliphatic carbocycles. The van der Waals surface area contributed by atoms with Crippen LogP contribution in [0.4, 0.5) is 0 Å². The maximum absolute atomic E-state index is 2.43. The van der Waals surface area contributed by atoms with Gasteiger partial charge in [0.1, 0.15) is 0 Å². The minimum atomic E-state index is 0.856. The molecule has 0 saturated heterocycles. The molecule has 0 heterocycles. The van der Waals surface area contributed by atoms with E-state index in [2.05, 4.69) is 115 Å². The van der Waals surface area contributed by atoms with Gasteiger partial charge in [0.2, 0.25) is 0 Å². The molecule has 0 aromatic rings. The van der Waals surface area contributed by atoms with Crippen molar-refractivity contribution in [1.29, 1.82) is 0 Å². The zero-order valence-electron chi connectivity index (χ0n) is 63.5. The first-order valence-corrected chi connectivity index (χ1v) is 44.7. The number of hydrogen-bond acceptors (Lipinski definition) is 0. The highest BCUT2D eigenvalue weighted by Gasteiger charge is 2.44. The molecular weight excluding hydrogens is 1170 g/mol. The zero-order chi connectivity index (χ0) is 66.0. The van der Waals surface area contributed by atoms with Crippen LogP contribution in [0.2, 0.25) is 0 Å². The zero-order valence-corrected chi connectivity index (χ0v) is 63.5. The molecular formula is C97H154. The maximum Gasteiger partial charge on any atom is -0.00169 e. The molecule has 0 nitrogen and oxygen atoms in total. The van der Waals surface area contributed by atoms with Gasteiger partial charge in [0, 0.05) is 0 Å². The van der Waals surface area contributed by atoms with E-state index in [4.69, 9.17) is 0 Å². The lowest BCUT2D eigenvalue weighted by atomic mass is 9.65. The van der Waals surface area contributed by atoms with Crippen LogP contribution in [0.3, 0.4) is 0 Å². The minimum Gasteiger partial charge on any atom is -0.0885 e. The van der Waals surface area contributed by atoms with Crippen molar-refractivity contribution < 1.29 is 0 Å². The summed E-state index contributed by atoms with van der Waals surface area (Å²) in [6, 6.07) is 0. The Hall–Kier alpha value is -2.60. The highest BCUT2D eigenvalue weighted by molar-refractivity contribution is 5.29. The van der Waals surface area contributed by atoms with Crippen LogP contribution in [0.1, 0.15) is 372 Å². The lowest BCUT2D eigenvalue weighted by molar-refractivity contribution is 0.116. The highest BCUT2D eigenvalue weighted by Crippen LogP contribution is 2.55. The summed E-state index contributed by atoms with van der Waals surface area (Å²) < 4.78 is 0. The summed E-state index contributed by atoms with van der Waals surface area (Å²) in [7, 11) is 0. The third kappa shape index (κ3) is 28.2. The van der Waals surface area contributed by atoms with E-state index in [0.29, 0.717) is 0 Å². The van der Waals surface area contributed by atoms with E-state index in [-0.39, 0.29) is 0 Å². The van der Waals surface area contributed by atoms with E-state index in [1.54, 1.807) is 192 Å². The Labute approximate surface area is 602 Å². The fraction of sp³-hybridized carbons (Fsp3) is 0.794. The van der Waals surface area contributed by atoms with Crippen LogP contribution < -0.4 is 0 Å². The molecule has 97 heavy (non-hydrogen) atoms. The first-order chi connectivity index (χ1) is 48.1. The van der Waals surface area contributed by atoms with Crippen molar-refractivity contribution in [1.82, 2.24) is 0 Å². The third-order valence-electron chi connectivity index (χ3n) is 29.4. The number of rotatable bonds is 0.